The lowest BCUT2D eigenvalue weighted by Crippen LogP contribution is -2.54. The molecule has 1 aliphatic rings. The molecule has 1 saturated heterocycles. The summed E-state index contributed by atoms with van der Waals surface area (Å²) >= 11 is 6.08. The molecule has 0 atom stereocenters. The van der Waals surface area contributed by atoms with E-state index in [1.165, 1.54) is 28.0 Å². The Morgan fingerprint density at radius 2 is 1.97 bits per heavy atom. The van der Waals surface area contributed by atoms with Crippen molar-refractivity contribution in [3.05, 3.63) is 63.9 Å². The number of amidine groups is 2. The number of carbonyl (C=O) groups excluding carboxylic acids is 1. The number of carbonyl (C=O) groups is 1. The Hall–Kier alpha value is -2.87. The molecule has 0 unspecified atom stereocenters. The molecular formula is C20H20ClF2N5O. The molecule has 1 aromatic carbocycles. The largest absolute Gasteiger partial charge is 0.329 e. The second-order valence-corrected chi connectivity index (χ2v) is 7.33. The van der Waals surface area contributed by atoms with E-state index in [1.807, 2.05) is 13.0 Å². The molecule has 152 valence electrons. The topological polar surface area (TPSA) is 84.1 Å². The van der Waals surface area contributed by atoms with Crippen LogP contribution in [0.1, 0.15) is 34.1 Å². The van der Waals surface area contributed by atoms with Crippen molar-refractivity contribution in [1.82, 2.24) is 14.8 Å². The van der Waals surface area contributed by atoms with Crippen molar-refractivity contribution in [1.29, 1.82) is 10.8 Å². The van der Waals surface area contributed by atoms with Gasteiger partial charge in [-0.15, -0.1) is 0 Å². The predicted molar refractivity (Wildman–Crippen MR) is 107 cm³/mol. The Balaban J connectivity index is 1.76. The molecule has 2 N–H and O–H groups in total. The zero-order chi connectivity index (χ0) is 21.3. The maximum atomic E-state index is 13.7. The Kier molecular flexibility index (Phi) is 5.66. The van der Waals surface area contributed by atoms with E-state index in [0.29, 0.717) is 5.69 Å². The van der Waals surface area contributed by atoms with Crippen molar-refractivity contribution >= 4 is 29.2 Å². The SMILES string of the molecule is Cc1ccc(C(=N)N2CCN(C(=O)c3cccc(C(C)(F)F)c3Cl)CC2=N)nc1. The molecule has 0 radical (unpaired) electrons. The van der Waals surface area contributed by atoms with Crippen LogP contribution in [0.5, 0.6) is 0 Å². The summed E-state index contributed by atoms with van der Waals surface area (Å²) in [5, 5.41) is 16.3. The minimum Gasteiger partial charge on any atom is -0.329 e. The normalized spacial score (nSPS) is 14.9. The van der Waals surface area contributed by atoms with Gasteiger partial charge in [0.1, 0.15) is 11.5 Å². The highest BCUT2D eigenvalue weighted by Crippen LogP contribution is 2.35. The van der Waals surface area contributed by atoms with Crippen molar-refractivity contribution < 1.29 is 13.6 Å². The second kappa shape index (κ2) is 7.87. The summed E-state index contributed by atoms with van der Waals surface area (Å²) < 4.78 is 27.4. The molecule has 3 rings (SSSR count). The van der Waals surface area contributed by atoms with Crippen LogP contribution in [-0.4, -0.2) is 52.0 Å². The van der Waals surface area contributed by atoms with Crippen LogP contribution in [-0.2, 0) is 5.92 Å². The van der Waals surface area contributed by atoms with Crippen LogP contribution in [0, 0.1) is 17.7 Å². The zero-order valence-electron chi connectivity index (χ0n) is 16.0. The first kappa shape index (κ1) is 20.9. The van der Waals surface area contributed by atoms with Gasteiger partial charge in [-0.25, -0.2) is 8.78 Å². The van der Waals surface area contributed by atoms with Gasteiger partial charge in [0.05, 0.1) is 17.1 Å². The van der Waals surface area contributed by atoms with Crippen LogP contribution in [0.25, 0.3) is 0 Å². The molecule has 2 aromatic rings. The van der Waals surface area contributed by atoms with Crippen molar-refractivity contribution in [2.45, 2.75) is 19.8 Å². The van der Waals surface area contributed by atoms with E-state index >= 15 is 0 Å². The standard InChI is InChI=1S/C20H20ClF2N5O/c1-12-6-7-15(26-10-12)18(25)28-9-8-27(11-16(28)24)19(29)13-4-3-5-14(17(13)21)20(2,22)23/h3-7,10,24-25H,8-9,11H2,1-2H3. The molecule has 1 amide bonds. The number of nitrogens with one attached hydrogen (secondary N) is 2. The summed E-state index contributed by atoms with van der Waals surface area (Å²) in [6.45, 7) is 3.00. The highest BCUT2D eigenvalue weighted by molar-refractivity contribution is 6.34. The second-order valence-electron chi connectivity index (χ2n) is 6.95. The Labute approximate surface area is 172 Å². The fourth-order valence-electron chi connectivity index (χ4n) is 3.07. The van der Waals surface area contributed by atoms with Crippen LogP contribution >= 0.6 is 11.6 Å². The number of aryl methyl sites for hydroxylation is 1. The summed E-state index contributed by atoms with van der Waals surface area (Å²) in [4.78, 5) is 19.9. The van der Waals surface area contributed by atoms with Crippen molar-refractivity contribution in [3.8, 4) is 0 Å². The van der Waals surface area contributed by atoms with Crippen molar-refractivity contribution in [2.75, 3.05) is 19.6 Å². The number of halogens is 3. The van der Waals surface area contributed by atoms with Crippen LogP contribution in [0.15, 0.2) is 36.5 Å². The van der Waals surface area contributed by atoms with Gasteiger partial charge >= 0.3 is 0 Å². The number of pyridine rings is 1. The number of alkyl halides is 2. The Morgan fingerprint density at radius 3 is 2.55 bits per heavy atom. The third-order valence-corrected chi connectivity index (χ3v) is 5.08. The van der Waals surface area contributed by atoms with Gasteiger partial charge in [-0.05, 0) is 24.6 Å². The van der Waals surface area contributed by atoms with Gasteiger partial charge < -0.3 is 9.80 Å². The van der Waals surface area contributed by atoms with E-state index in [1.54, 1.807) is 12.3 Å². The molecule has 1 aliphatic heterocycles. The van der Waals surface area contributed by atoms with E-state index in [4.69, 9.17) is 22.4 Å². The fourth-order valence-corrected chi connectivity index (χ4v) is 3.45. The number of aromatic nitrogens is 1. The van der Waals surface area contributed by atoms with Gasteiger partial charge in [-0.1, -0.05) is 29.8 Å². The van der Waals surface area contributed by atoms with Crippen LogP contribution in [0.2, 0.25) is 5.02 Å². The van der Waals surface area contributed by atoms with Crippen LogP contribution in [0.3, 0.4) is 0 Å². The first-order chi connectivity index (χ1) is 13.6. The molecular weight excluding hydrogens is 400 g/mol. The number of benzene rings is 1. The highest BCUT2D eigenvalue weighted by atomic mass is 35.5. The van der Waals surface area contributed by atoms with E-state index in [-0.39, 0.29) is 41.9 Å². The highest BCUT2D eigenvalue weighted by Gasteiger charge is 2.33. The predicted octanol–water partition coefficient (Wildman–Crippen LogP) is 3.92. The molecule has 2 heterocycles. The van der Waals surface area contributed by atoms with Crippen LogP contribution < -0.4 is 0 Å². The zero-order valence-corrected chi connectivity index (χ0v) is 16.7. The number of rotatable bonds is 3. The maximum Gasteiger partial charge on any atom is 0.271 e. The van der Waals surface area contributed by atoms with Gasteiger partial charge in [0.2, 0.25) is 0 Å². The first-order valence-electron chi connectivity index (χ1n) is 8.92. The minimum atomic E-state index is -3.17. The van der Waals surface area contributed by atoms with Gasteiger partial charge in [0, 0.05) is 31.8 Å². The summed E-state index contributed by atoms with van der Waals surface area (Å²) in [6, 6.07) is 7.49. The summed E-state index contributed by atoms with van der Waals surface area (Å²) in [5.74, 6) is -3.57. The fraction of sp³-hybridized carbons (Fsp3) is 0.300. The quantitative estimate of drug-likeness (QED) is 0.584. The van der Waals surface area contributed by atoms with Crippen molar-refractivity contribution in [2.24, 2.45) is 0 Å². The van der Waals surface area contributed by atoms with E-state index in [2.05, 4.69) is 4.98 Å². The molecule has 6 nitrogen and oxygen atoms in total. The molecule has 29 heavy (non-hydrogen) atoms. The van der Waals surface area contributed by atoms with E-state index in [0.717, 1.165) is 12.5 Å². The van der Waals surface area contributed by atoms with Crippen LogP contribution in [0.4, 0.5) is 8.78 Å². The smallest absolute Gasteiger partial charge is 0.271 e. The Bertz CT molecular complexity index is 972. The molecule has 0 bridgehead atoms. The summed E-state index contributed by atoms with van der Waals surface area (Å²) in [5.41, 5.74) is 0.957. The lowest BCUT2D eigenvalue weighted by molar-refractivity contribution is 0.0175. The molecule has 0 aliphatic carbocycles. The molecule has 0 spiro atoms. The number of hydrogen-bond acceptors (Lipinski definition) is 4. The summed E-state index contributed by atoms with van der Waals surface area (Å²) in [6.07, 6.45) is 1.64. The number of amides is 1. The number of piperazine rings is 1. The van der Waals surface area contributed by atoms with E-state index < -0.39 is 17.4 Å². The number of hydrogen-bond donors (Lipinski definition) is 2. The maximum absolute atomic E-state index is 13.7. The first-order valence-corrected chi connectivity index (χ1v) is 9.30. The third kappa shape index (κ3) is 4.27. The molecule has 1 aromatic heterocycles. The van der Waals surface area contributed by atoms with E-state index in [9.17, 15) is 13.6 Å². The van der Waals surface area contributed by atoms with Gasteiger partial charge in [-0.3, -0.25) is 20.6 Å². The third-order valence-electron chi connectivity index (χ3n) is 4.67. The van der Waals surface area contributed by atoms with Gasteiger partial charge in [0.15, 0.2) is 5.84 Å². The molecule has 0 saturated carbocycles. The monoisotopic (exact) mass is 419 g/mol. The Morgan fingerprint density at radius 1 is 1.24 bits per heavy atom. The minimum absolute atomic E-state index is 0.0257. The molecule has 9 heteroatoms. The van der Waals surface area contributed by atoms with Gasteiger partial charge in [0.25, 0.3) is 11.8 Å². The molecule has 1 fully saturated rings. The average Bonchev–Trinajstić information content (AvgIpc) is 2.66. The van der Waals surface area contributed by atoms with Crippen molar-refractivity contribution in [3.63, 3.8) is 0 Å². The average molecular weight is 420 g/mol. The van der Waals surface area contributed by atoms with Gasteiger partial charge in [-0.2, -0.15) is 0 Å². The summed E-state index contributed by atoms with van der Waals surface area (Å²) in [7, 11) is 0. The lowest BCUT2D eigenvalue weighted by atomic mass is 10.0. The lowest BCUT2D eigenvalue weighted by Gasteiger charge is -2.36. The number of nitrogens with zero attached hydrogens (tertiary/aromatic N) is 3.